The van der Waals surface area contributed by atoms with Gasteiger partial charge in [-0.25, -0.2) is 8.42 Å². The van der Waals surface area contributed by atoms with Crippen LogP contribution in [0.25, 0.3) is 0 Å². The number of sulfone groups is 1. The number of hydrogen-bond donors (Lipinski definition) is 0. The van der Waals surface area contributed by atoms with Gasteiger partial charge in [-0.15, -0.1) is 0 Å². The number of aliphatic imine (C=N–C) groups is 1. The Hall–Kier alpha value is -1.10. The van der Waals surface area contributed by atoms with Gasteiger partial charge in [-0.2, -0.15) is 0 Å². The van der Waals surface area contributed by atoms with Gasteiger partial charge in [0.05, 0.1) is 29.6 Å². The van der Waals surface area contributed by atoms with Gasteiger partial charge in [-0.1, -0.05) is 0 Å². The quantitative estimate of drug-likeness (QED) is 0.715. The van der Waals surface area contributed by atoms with Gasteiger partial charge in [0.2, 0.25) is 0 Å². The van der Waals surface area contributed by atoms with E-state index in [-0.39, 0.29) is 11.5 Å². The molecule has 0 spiro atoms. The molecule has 4 nitrogen and oxygen atoms in total. The van der Waals surface area contributed by atoms with E-state index in [1.807, 2.05) is 6.92 Å². The molecular weight excluding hydrogens is 214 g/mol. The largest absolute Gasteiger partial charge is 0.472 e. The summed E-state index contributed by atoms with van der Waals surface area (Å²) >= 11 is 0. The molecule has 1 aromatic heterocycles. The first-order chi connectivity index (χ1) is 6.99. The first kappa shape index (κ1) is 10.4. The Bertz CT molecular complexity index is 461. The molecular formula is C10H13NO3S. The molecule has 0 N–H and O–H groups in total. The molecule has 0 bridgehead atoms. The molecule has 0 aliphatic carbocycles. The minimum atomic E-state index is -2.88. The van der Waals surface area contributed by atoms with E-state index in [2.05, 4.69) is 4.99 Å². The van der Waals surface area contributed by atoms with Crippen LogP contribution in [0.5, 0.6) is 0 Å². The highest BCUT2D eigenvalue weighted by Gasteiger charge is 2.37. The lowest BCUT2D eigenvalue weighted by molar-refractivity contribution is 0.536. The monoisotopic (exact) mass is 227 g/mol. The normalized spacial score (nSPS) is 29.9. The van der Waals surface area contributed by atoms with Crippen LogP contribution < -0.4 is 0 Å². The standard InChI is InChI=1S/C10H13NO3S/c1-10(3-5-15(12,13)8-10)11-6-9-2-4-14-7-9/h2,4,6-7H,3,5,8H2,1H3. The second-order valence-electron chi connectivity index (χ2n) is 4.15. The summed E-state index contributed by atoms with van der Waals surface area (Å²) in [5.74, 6) is 0.389. The lowest BCUT2D eigenvalue weighted by atomic mass is 10.0. The Labute approximate surface area is 88.9 Å². The first-order valence-electron chi connectivity index (χ1n) is 4.77. The zero-order chi connectivity index (χ0) is 10.9. The van der Waals surface area contributed by atoms with Crippen molar-refractivity contribution in [1.82, 2.24) is 0 Å². The van der Waals surface area contributed by atoms with Crippen molar-refractivity contribution in [2.45, 2.75) is 18.9 Å². The first-order valence-corrected chi connectivity index (χ1v) is 6.59. The van der Waals surface area contributed by atoms with Crippen LogP contribution in [0.2, 0.25) is 0 Å². The van der Waals surface area contributed by atoms with Crippen LogP contribution in [0.4, 0.5) is 0 Å². The summed E-state index contributed by atoms with van der Waals surface area (Å²) in [7, 11) is -2.88. The summed E-state index contributed by atoms with van der Waals surface area (Å²) in [4.78, 5) is 4.33. The minimum absolute atomic E-state index is 0.147. The maximum absolute atomic E-state index is 11.3. The fourth-order valence-corrected chi connectivity index (χ4v) is 3.74. The van der Waals surface area contributed by atoms with E-state index in [0.29, 0.717) is 6.42 Å². The van der Waals surface area contributed by atoms with E-state index in [1.165, 1.54) is 0 Å². The van der Waals surface area contributed by atoms with Crippen LogP contribution in [-0.4, -0.2) is 31.7 Å². The highest BCUT2D eigenvalue weighted by molar-refractivity contribution is 7.91. The van der Waals surface area contributed by atoms with E-state index in [1.54, 1.807) is 24.8 Å². The van der Waals surface area contributed by atoms with E-state index in [9.17, 15) is 8.42 Å². The summed E-state index contributed by atoms with van der Waals surface area (Å²) in [5.41, 5.74) is 0.399. The topological polar surface area (TPSA) is 59.6 Å². The van der Waals surface area contributed by atoms with E-state index in [0.717, 1.165) is 5.56 Å². The zero-order valence-corrected chi connectivity index (χ0v) is 9.33. The van der Waals surface area contributed by atoms with Crippen molar-refractivity contribution >= 4 is 16.1 Å². The van der Waals surface area contributed by atoms with Gasteiger partial charge in [0.15, 0.2) is 9.84 Å². The molecule has 0 aromatic carbocycles. The molecule has 5 heteroatoms. The molecule has 0 amide bonds. The average Bonchev–Trinajstić information content (AvgIpc) is 2.71. The summed E-state index contributed by atoms with van der Waals surface area (Å²) in [5, 5.41) is 0. The smallest absolute Gasteiger partial charge is 0.152 e. The van der Waals surface area contributed by atoms with Crippen LogP contribution in [0.15, 0.2) is 28.0 Å². The highest BCUT2D eigenvalue weighted by Crippen LogP contribution is 2.26. The molecule has 1 aliphatic rings. The molecule has 15 heavy (non-hydrogen) atoms. The molecule has 0 saturated carbocycles. The summed E-state index contributed by atoms with van der Waals surface area (Å²) < 4.78 is 27.5. The van der Waals surface area contributed by atoms with Gasteiger partial charge in [0, 0.05) is 11.8 Å². The van der Waals surface area contributed by atoms with Crippen LogP contribution in [0.3, 0.4) is 0 Å². The Balaban J connectivity index is 2.13. The fraction of sp³-hybridized carbons (Fsp3) is 0.500. The predicted octanol–water partition coefficient (Wildman–Crippen LogP) is 1.28. The molecule has 82 valence electrons. The third-order valence-corrected chi connectivity index (χ3v) is 4.44. The second-order valence-corrected chi connectivity index (χ2v) is 6.34. The molecule has 1 aliphatic heterocycles. The Morgan fingerprint density at radius 2 is 2.40 bits per heavy atom. The predicted molar refractivity (Wildman–Crippen MR) is 58.0 cm³/mol. The Kier molecular flexibility index (Phi) is 2.42. The summed E-state index contributed by atoms with van der Waals surface area (Å²) in [6.45, 7) is 1.87. The molecule has 1 saturated heterocycles. The van der Waals surface area contributed by atoms with Crippen molar-refractivity contribution < 1.29 is 12.8 Å². The third-order valence-electron chi connectivity index (χ3n) is 2.55. The van der Waals surface area contributed by atoms with Crippen molar-refractivity contribution in [3.63, 3.8) is 0 Å². The number of rotatable bonds is 2. The highest BCUT2D eigenvalue weighted by atomic mass is 32.2. The van der Waals surface area contributed by atoms with Crippen molar-refractivity contribution in [2.24, 2.45) is 4.99 Å². The van der Waals surface area contributed by atoms with Gasteiger partial charge in [0.25, 0.3) is 0 Å². The van der Waals surface area contributed by atoms with Gasteiger partial charge in [-0.05, 0) is 19.4 Å². The van der Waals surface area contributed by atoms with E-state index in [4.69, 9.17) is 4.42 Å². The molecule has 1 aromatic rings. The number of furan rings is 1. The van der Waals surface area contributed by atoms with Crippen molar-refractivity contribution in [3.05, 3.63) is 24.2 Å². The third kappa shape index (κ3) is 2.47. The zero-order valence-electron chi connectivity index (χ0n) is 8.51. The molecule has 2 rings (SSSR count). The Morgan fingerprint density at radius 3 is 2.93 bits per heavy atom. The van der Waals surface area contributed by atoms with E-state index < -0.39 is 15.4 Å². The van der Waals surface area contributed by atoms with Gasteiger partial charge < -0.3 is 4.42 Å². The summed E-state index contributed by atoms with van der Waals surface area (Å²) in [6, 6.07) is 1.79. The number of hydrogen-bond acceptors (Lipinski definition) is 4. The van der Waals surface area contributed by atoms with Crippen LogP contribution >= 0.6 is 0 Å². The molecule has 1 unspecified atom stereocenters. The number of nitrogens with zero attached hydrogens (tertiary/aromatic N) is 1. The van der Waals surface area contributed by atoms with Crippen LogP contribution in [-0.2, 0) is 9.84 Å². The van der Waals surface area contributed by atoms with Crippen molar-refractivity contribution in [2.75, 3.05) is 11.5 Å². The second kappa shape index (κ2) is 3.48. The Morgan fingerprint density at radius 1 is 1.60 bits per heavy atom. The van der Waals surface area contributed by atoms with E-state index >= 15 is 0 Å². The van der Waals surface area contributed by atoms with Crippen molar-refractivity contribution in [1.29, 1.82) is 0 Å². The molecule has 0 radical (unpaired) electrons. The lowest BCUT2D eigenvalue weighted by Gasteiger charge is -2.14. The summed E-state index contributed by atoms with van der Waals surface area (Å²) in [6.07, 6.45) is 5.42. The lowest BCUT2D eigenvalue weighted by Crippen LogP contribution is -2.23. The van der Waals surface area contributed by atoms with Gasteiger partial charge in [0.1, 0.15) is 0 Å². The van der Waals surface area contributed by atoms with Crippen molar-refractivity contribution in [3.8, 4) is 0 Å². The average molecular weight is 227 g/mol. The fourth-order valence-electron chi connectivity index (χ4n) is 1.67. The SMILES string of the molecule is CC1(N=Cc2ccoc2)CCS(=O)(=O)C1. The van der Waals surface area contributed by atoms with Crippen LogP contribution in [0, 0.1) is 0 Å². The maximum Gasteiger partial charge on any atom is 0.152 e. The van der Waals surface area contributed by atoms with Gasteiger partial charge in [-0.3, -0.25) is 4.99 Å². The molecule has 1 atom stereocenters. The maximum atomic E-state index is 11.3. The van der Waals surface area contributed by atoms with Crippen LogP contribution in [0.1, 0.15) is 18.9 Å². The molecule has 2 heterocycles. The van der Waals surface area contributed by atoms with Gasteiger partial charge >= 0.3 is 0 Å². The molecule has 1 fully saturated rings. The minimum Gasteiger partial charge on any atom is -0.472 e.